The number of hydrogen-bond acceptors (Lipinski definition) is 5. The second-order valence-electron chi connectivity index (χ2n) is 4.64. The molecule has 1 aromatic carbocycles. The predicted molar refractivity (Wildman–Crippen MR) is 76.0 cm³/mol. The number of hydrogen-bond donors (Lipinski definition) is 3. The van der Waals surface area contributed by atoms with Crippen LogP contribution in [0.15, 0.2) is 23.1 Å². The van der Waals surface area contributed by atoms with Crippen molar-refractivity contribution in [2.24, 2.45) is 5.92 Å². The van der Waals surface area contributed by atoms with E-state index in [9.17, 15) is 13.2 Å². The second-order valence-corrected chi connectivity index (χ2v) is 6.38. The van der Waals surface area contributed by atoms with Gasteiger partial charge in [-0.15, -0.1) is 0 Å². The number of aromatic carboxylic acids is 1. The molecule has 0 saturated heterocycles. The van der Waals surface area contributed by atoms with Gasteiger partial charge in [0.25, 0.3) is 0 Å². The molecule has 1 rings (SSSR count). The van der Waals surface area contributed by atoms with Crippen molar-refractivity contribution in [3.8, 4) is 5.75 Å². The molecule has 118 valence electrons. The zero-order valence-corrected chi connectivity index (χ0v) is 12.7. The van der Waals surface area contributed by atoms with Gasteiger partial charge >= 0.3 is 5.97 Å². The Morgan fingerprint density at radius 1 is 1.43 bits per heavy atom. The number of rotatable bonds is 8. The molecule has 21 heavy (non-hydrogen) atoms. The largest absolute Gasteiger partial charge is 0.495 e. The molecule has 0 fully saturated rings. The first-order valence-electron chi connectivity index (χ1n) is 6.33. The molecule has 0 heterocycles. The standard InChI is InChI=1S/C13H19NO6S/c1-9(5-6-15)8-14-21(18,19)12-7-10(13(16)17)3-4-11(12)20-2/h3-4,7,9,14-15H,5-6,8H2,1-2H3,(H,16,17). The molecule has 0 aliphatic heterocycles. The average molecular weight is 317 g/mol. The summed E-state index contributed by atoms with van der Waals surface area (Å²) in [7, 11) is -2.58. The fourth-order valence-electron chi connectivity index (χ4n) is 1.67. The zero-order chi connectivity index (χ0) is 16.0. The van der Waals surface area contributed by atoms with Gasteiger partial charge in [0.1, 0.15) is 10.6 Å². The SMILES string of the molecule is COc1ccc(C(=O)O)cc1S(=O)(=O)NCC(C)CCO. The minimum Gasteiger partial charge on any atom is -0.495 e. The van der Waals surface area contributed by atoms with Crippen molar-refractivity contribution in [3.05, 3.63) is 23.8 Å². The third kappa shape index (κ3) is 4.69. The summed E-state index contributed by atoms with van der Waals surface area (Å²) >= 11 is 0. The van der Waals surface area contributed by atoms with Crippen molar-refractivity contribution in [1.82, 2.24) is 4.72 Å². The first-order valence-corrected chi connectivity index (χ1v) is 7.82. The molecular formula is C13H19NO6S. The highest BCUT2D eigenvalue weighted by molar-refractivity contribution is 7.89. The van der Waals surface area contributed by atoms with E-state index in [2.05, 4.69) is 4.72 Å². The van der Waals surface area contributed by atoms with Gasteiger partial charge in [0.15, 0.2) is 0 Å². The molecule has 1 atom stereocenters. The van der Waals surface area contributed by atoms with E-state index in [1.54, 1.807) is 6.92 Å². The maximum absolute atomic E-state index is 12.2. The van der Waals surface area contributed by atoms with Crippen LogP contribution in [0.1, 0.15) is 23.7 Å². The van der Waals surface area contributed by atoms with Crippen LogP contribution < -0.4 is 9.46 Å². The van der Waals surface area contributed by atoms with Crippen LogP contribution in [0, 0.1) is 5.92 Å². The topological polar surface area (TPSA) is 113 Å². The summed E-state index contributed by atoms with van der Waals surface area (Å²) in [6.45, 7) is 1.91. The lowest BCUT2D eigenvalue weighted by molar-refractivity contribution is 0.0696. The highest BCUT2D eigenvalue weighted by Crippen LogP contribution is 2.25. The van der Waals surface area contributed by atoms with Crippen LogP contribution in [0.3, 0.4) is 0 Å². The fourth-order valence-corrected chi connectivity index (χ4v) is 3.03. The Kier molecular flexibility index (Phi) is 6.13. The Morgan fingerprint density at radius 3 is 2.62 bits per heavy atom. The van der Waals surface area contributed by atoms with Crippen LogP contribution in [0.5, 0.6) is 5.75 Å². The number of carboxylic acid groups (broad SMARTS) is 1. The van der Waals surface area contributed by atoms with Gasteiger partial charge in [-0.05, 0) is 30.5 Å². The third-order valence-corrected chi connectivity index (χ3v) is 4.39. The van der Waals surface area contributed by atoms with E-state index in [0.717, 1.165) is 6.07 Å². The van der Waals surface area contributed by atoms with E-state index in [1.165, 1.54) is 19.2 Å². The molecule has 0 aliphatic carbocycles. The Bertz CT molecular complexity index is 599. The van der Waals surface area contributed by atoms with E-state index in [1.807, 2.05) is 0 Å². The van der Waals surface area contributed by atoms with Crippen molar-refractivity contribution >= 4 is 16.0 Å². The van der Waals surface area contributed by atoms with E-state index in [0.29, 0.717) is 6.42 Å². The number of aliphatic hydroxyl groups is 1. The summed E-state index contributed by atoms with van der Waals surface area (Å²) < 4.78 is 31.9. The molecule has 1 unspecified atom stereocenters. The molecule has 0 aromatic heterocycles. The van der Waals surface area contributed by atoms with E-state index >= 15 is 0 Å². The van der Waals surface area contributed by atoms with Gasteiger partial charge in [-0.2, -0.15) is 0 Å². The Hall–Kier alpha value is -1.64. The summed E-state index contributed by atoms with van der Waals surface area (Å²) in [5.74, 6) is -1.19. The van der Waals surface area contributed by atoms with Crippen LogP contribution in [0.25, 0.3) is 0 Å². The molecule has 8 heteroatoms. The maximum Gasteiger partial charge on any atom is 0.335 e. The zero-order valence-electron chi connectivity index (χ0n) is 11.9. The number of methoxy groups -OCH3 is 1. The van der Waals surface area contributed by atoms with Crippen LogP contribution >= 0.6 is 0 Å². The Labute approximate surface area is 123 Å². The smallest absolute Gasteiger partial charge is 0.335 e. The van der Waals surface area contributed by atoms with Crippen molar-refractivity contribution in [2.45, 2.75) is 18.2 Å². The van der Waals surface area contributed by atoms with E-state index in [4.69, 9.17) is 14.9 Å². The Morgan fingerprint density at radius 2 is 2.10 bits per heavy atom. The van der Waals surface area contributed by atoms with Gasteiger partial charge in [0.05, 0.1) is 12.7 Å². The fraction of sp³-hybridized carbons (Fsp3) is 0.462. The first kappa shape index (κ1) is 17.4. The lowest BCUT2D eigenvalue weighted by Crippen LogP contribution is -2.29. The van der Waals surface area contributed by atoms with Gasteiger partial charge in [-0.25, -0.2) is 17.9 Å². The summed E-state index contributed by atoms with van der Waals surface area (Å²) in [4.78, 5) is 10.7. The minimum absolute atomic E-state index is 0.0271. The van der Waals surface area contributed by atoms with Crippen molar-refractivity contribution < 1.29 is 28.2 Å². The van der Waals surface area contributed by atoms with Gasteiger partial charge in [0, 0.05) is 13.2 Å². The van der Waals surface area contributed by atoms with E-state index in [-0.39, 0.29) is 35.3 Å². The maximum atomic E-state index is 12.2. The number of nitrogens with one attached hydrogen (secondary N) is 1. The van der Waals surface area contributed by atoms with Crippen LogP contribution in [0.4, 0.5) is 0 Å². The molecule has 0 bridgehead atoms. The molecule has 0 amide bonds. The number of sulfonamides is 1. The number of carboxylic acids is 1. The van der Waals surface area contributed by atoms with Crippen molar-refractivity contribution in [3.63, 3.8) is 0 Å². The quantitative estimate of drug-likeness (QED) is 0.650. The van der Waals surface area contributed by atoms with Crippen molar-refractivity contribution in [2.75, 3.05) is 20.3 Å². The van der Waals surface area contributed by atoms with E-state index < -0.39 is 16.0 Å². The van der Waals surface area contributed by atoms with Crippen molar-refractivity contribution in [1.29, 1.82) is 0 Å². The second kappa shape index (κ2) is 7.39. The van der Waals surface area contributed by atoms with Gasteiger partial charge in [-0.3, -0.25) is 0 Å². The number of ether oxygens (including phenoxy) is 1. The highest BCUT2D eigenvalue weighted by Gasteiger charge is 2.22. The number of carbonyl (C=O) groups is 1. The lowest BCUT2D eigenvalue weighted by atomic mass is 10.1. The summed E-state index contributed by atoms with van der Waals surface area (Å²) in [5.41, 5.74) is -0.139. The normalized spacial score (nSPS) is 12.9. The first-order chi connectivity index (χ1) is 9.81. The monoisotopic (exact) mass is 317 g/mol. The summed E-state index contributed by atoms with van der Waals surface area (Å²) in [5, 5.41) is 17.7. The van der Waals surface area contributed by atoms with Crippen LogP contribution in [0.2, 0.25) is 0 Å². The third-order valence-electron chi connectivity index (χ3n) is 2.94. The summed E-state index contributed by atoms with van der Waals surface area (Å²) in [6, 6.07) is 3.63. The van der Waals surface area contributed by atoms with Gasteiger partial charge in [0.2, 0.25) is 10.0 Å². The summed E-state index contributed by atoms with van der Waals surface area (Å²) in [6.07, 6.45) is 0.467. The van der Waals surface area contributed by atoms with Gasteiger partial charge in [-0.1, -0.05) is 6.92 Å². The lowest BCUT2D eigenvalue weighted by Gasteiger charge is -2.14. The number of aliphatic hydroxyl groups excluding tert-OH is 1. The predicted octanol–water partition coefficient (Wildman–Crippen LogP) is 0.690. The molecule has 0 aliphatic rings. The minimum atomic E-state index is -3.89. The van der Waals surface area contributed by atoms with Crippen LogP contribution in [-0.2, 0) is 10.0 Å². The average Bonchev–Trinajstić information content (AvgIpc) is 2.44. The molecule has 0 radical (unpaired) electrons. The number of benzene rings is 1. The Balaban J connectivity index is 3.05. The molecular weight excluding hydrogens is 298 g/mol. The molecule has 0 saturated carbocycles. The molecule has 3 N–H and O–H groups in total. The highest BCUT2D eigenvalue weighted by atomic mass is 32.2. The van der Waals surface area contributed by atoms with Gasteiger partial charge < -0.3 is 14.9 Å². The van der Waals surface area contributed by atoms with Crippen LogP contribution in [-0.4, -0.2) is 44.9 Å². The molecule has 7 nitrogen and oxygen atoms in total. The molecule has 0 spiro atoms. The molecule has 1 aromatic rings.